The van der Waals surface area contributed by atoms with E-state index in [9.17, 15) is 4.79 Å². The molecule has 0 aromatic heterocycles. The fourth-order valence-corrected chi connectivity index (χ4v) is 5.16. The van der Waals surface area contributed by atoms with E-state index in [0.29, 0.717) is 67.5 Å². The predicted octanol–water partition coefficient (Wildman–Crippen LogP) is 4.60. The van der Waals surface area contributed by atoms with Crippen LogP contribution in [0.5, 0.6) is 17.2 Å². The first-order valence-corrected chi connectivity index (χ1v) is 12.7. The molecule has 1 unspecified atom stereocenters. The van der Waals surface area contributed by atoms with Crippen LogP contribution in [-0.2, 0) is 17.9 Å². The largest absolute Gasteiger partial charge is 0.496 e. The maximum Gasteiger partial charge on any atom is 0.227 e. The van der Waals surface area contributed by atoms with E-state index in [2.05, 4.69) is 18.7 Å². The molecule has 1 amide bonds. The summed E-state index contributed by atoms with van der Waals surface area (Å²) in [4.78, 5) is 17.9. The minimum Gasteiger partial charge on any atom is -0.496 e. The number of nitrogen functional groups attached to an aromatic ring is 1. The summed E-state index contributed by atoms with van der Waals surface area (Å²) in [7, 11) is 1.67. The number of amides is 1. The van der Waals surface area contributed by atoms with Gasteiger partial charge in [-0.05, 0) is 54.8 Å². The molecule has 1 fully saturated rings. The van der Waals surface area contributed by atoms with Crippen LogP contribution >= 0.6 is 11.6 Å². The van der Waals surface area contributed by atoms with Gasteiger partial charge in [-0.3, -0.25) is 9.69 Å². The third-order valence-corrected chi connectivity index (χ3v) is 6.73. The maximum absolute atomic E-state index is 13.7. The van der Waals surface area contributed by atoms with Crippen LogP contribution in [0.25, 0.3) is 0 Å². The highest BCUT2D eigenvalue weighted by Crippen LogP contribution is 2.38. The van der Waals surface area contributed by atoms with Gasteiger partial charge in [0.1, 0.15) is 5.75 Å². The predicted molar refractivity (Wildman–Crippen MR) is 138 cm³/mol. The summed E-state index contributed by atoms with van der Waals surface area (Å²) in [5, 5.41) is 0.527. The van der Waals surface area contributed by atoms with Gasteiger partial charge in [-0.1, -0.05) is 25.4 Å². The molecule has 2 aromatic carbocycles. The Hall–Kier alpha value is -2.64. The van der Waals surface area contributed by atoms with Crippen molar-refractivity contribution in [3.05, 3.63) is 46.5 Å². The van der Waals surface area contributed by atoms with E-state index in [0.717, 1.165) is 36.3 Å². The molecular formula is C27H36ClN3O4. The number of hydrogen-bond donors (Lipinski definition) is 1. The number of rotatable bonds is 8. The lowest BCUT2D eigenvalue weighted by Crippen LogP contribution is -2.39. The zero-order valence-corrected chi connectivity index (χ0v) is 21.6. The fourth-order valence-electron chi connectivity index (χ4n) is 4.87. The van der Waals surface area contributed by atoms with Crippen molar-refractivity contribution in [2.24, 2.45) is 11.8 Å². The smallest absolute Gasteiger partial charge is 0.227 e. The highest BCUT2D eigenvalue weighted by molar-refractivity contribution is 6.32. The molecule has 2 N–H and O–H groups in total. The number of nitrogens with zero attached hydrogens (tertiary/aromatic N) is 2. The number of hydrogen-bond acceptors (Lipinski definition) is 6. The van der Waals surface area contributed by atoms with Gasteiger partial charge in [0, 0.05) is 43.9 Å². The van der Waals surface area contributed by atoms with Crippen molar-refractivity contribution in [1.82, 2.24) is 9.80 Å². The number of carbonyl (C=O) groups is 1. The molecule has 2 heterocycles. The lowest BCUT2D eigenvalue weighted by atomic mass is 10.0. The Morgan fingerprint density at radius 2 is 2.06 bits per heavy atom. The third-order valence-electron chi connectivity index (χ3n) is 6.45. The molecule has 1 saturated heterocycles. The number of halogens is 1. The van der Waals surface area contributed by atoms with Gasteiger partial charge in [0.15, 0.2) is 11.5 Å². The van der Waals surface area contributed by atoms with Crippen LogP contribution in [0.1, 0.15) is 37.8 Å². The van der Waals surface area contributed by atoms with Crippen molar-refractivity contribution >= 4 is 23.2 Å². The molecule has 4 rings (SSSR count). The molecular weight excluding hydrogens is 466 g/mol. The zero-order valence-electron chi connectivity index (χ0n) is 20.9. The summed E-state index contributed by atoms with van der Waals surface area (Å²) in [6.07, 6.45) is 1.65. The molecule has 35 heavy (non-hydrogen) atoms. The number of likely N-dealkylation sites (tertiary alicyclic amines) is 1. The quantitative estimate of drug-likeness (QED) is 0.533. The molecule has 8 heteroatoms. The number of benzene rings is 2. The summed E-state index contributed by atoms with van der Waals surface area (Å²) < 4.78 is 17.1. The Morgan fingerprint density at radius 1 is 1.26 bits per heavy atom. The van der Waals surface area contributed by atoms with Gasteiger partial charge in [-0.2, -0.15) is 0 Å². The molecule has 0 saturated carbocycles. The maximum atomic E-state index is 13.7. The van der Waals surface area contributed by atoms with Gasteiger partial charge in [0.2, 0.25) is 5.91 Å². The molecule has 2 aliphatic heterocycles. The van der Waals surface area contributed by atoms with Gasteiger partial charge in [-0.15, -0.1) is 0 Å². The van der Waals surface area contributed by atoms with E-state index < -0.39 is 0 Å². The third kappa shape index (κ3) is 6.33. The van der Waals surface area contributed by atoms with Gasteiger partial charge in [0.05, 0.1) is 31.3 Å². The van der Waals surface area contributed by atoms with E-state index in [1.165, 1.54) is 0 Å². The SMILES string of the molecule is COc1ccc(N)cc1CN1CCC(C(=O)N(Cc2cc(Cl)c3c(c2)OCCCO3)CC(C)C)C1. The van der Waals surface area contributed by atoms with Gasteiger partial charge in [0.25, 0.3) is 0 Å². The second-order valence-corrected chi connectivity index (χ2v) is 10.3. The van der Waals surface area contributed by atoms with Crippen LogP contribution in [0.4, 0.5) is 5.69 Å². The molecule has 0 aliphatic carbocycles. The summed E-state index contributed by atoms with van der Waals surface area (Å²) >= 11 is 6.51. The van der Waals surface area contributed by atoms with Crippen molar-refractivity contribution in [2.75, 3.05) is 45.7 Å². The van der Waals surface area contributed by atoms with Crippen LogP contribution in [-0.4, -0.2) is 55.7 Å². The number of fused-ring (bicyclic) bond motifs is 1. The second-order valence-electron chi connectivity index (χ2n) is 9.86. The number of ether oxygens (including phenoxy) is 3. The van der Waals surface area contributed by atoms with Crippen LogP contribution in [0.15, 0.2) is 30.3 Å². The van der Waals surface area contributed by atoms with Crippen molar-refractivity contribution < 1.29 is 19.0 Å². The molecule has 0 spiro atoms. The van der Waals surface area contributed by atoms with E-state index >= 15 is 0 Å². The van der Waals surface area contributed by atoms with Crippen molar-refractivity contribution in [1.29, 1.82) is 0 Å². The van der Waals surface area contributed by atoms with Crippen molar-refractivity contribution in [2.45, 2.75) is 39.8 Å². The minimum absolute atomic E-state index is 0.0447. The Kier molecular flexibility index (Phi) is 8.29. The monoisotopic (exact) mass is 501 g/mol. The normalized spacial score (nSPS) is 17.9. The van der Waals surface area contributed by atoms with E-state index in [1.54, 1.807) is 7.11 Å². The van der Waals surface area contributed by atoms with Crippen LogP contribution < -0.4 is 19.9 Å². The molecule has 190 valence electrons. The van der Waals surface area contributed by atoms with Crippen molar-refractivity contribution in [3.63, 3.8) is 0 Å². The summed E-state index contributed by atoms with van der Waals surface area (Å²) in [6.45, 7) is 8.91. The van der Waals surface area contributed by atoms with Gasteiger partial charge in [-0.25, -0.2) is 0 Å². The van der Waals surface area contributed by atoms with E-state index in [-0.39, 0.29) is 11.8 Å². The zero-order chi connectivity index (χ0) is 24.9. The van der Waals surface area contributed by atoms with E-state index in [4.69, 9.17) is 31.5 Å². The van der Waals surface area contributed by atoms with Gasteiger partial charge < -0.3 is 24.8 Å². The van der Waals surface area contributed by atoms with Crippen LogP contribution in [0.2, 0.25) is 5.02 Å². The Balaban J connectivity index is 1.46. The number of methoxy groups -OCH3 is 1. The van der Waals surface area contributed by atoms with Gasteiger partial charge >= 0.3 is 0 Å². The lowest BCUT2D eigenvalue weighted by molar-refractivity contribution is -0.136. The first-order valence-electron chi connectivity index (χ1n) is 12.4. The van der Waals surface area contributed by atoms with E-state index in [1.807, 2.05) is 35.2 Å². The fraction of sp³-hybridized carbons (Fsp3) is 0.519. The molecule has 0 bridgehead atoms. The highest BCUT2D eigenvalue weighted by Gasteiger charge is 2.32. The summed E-state index contributed by atoms with van der Waals surface area (Å²) in [6, 6.07) is 9.54. The Morgan fingerprint density at radius 3 is 2.83 bits per heavy atom. The molecule has 0 radical (unpaired) electrons. The average molecular weight is 502 g/mol. The highest BCUT2D eigenvalue weighted by atomic mass is 35.5. The average Bonchev–Trinajstić information content (AvgIpc) is 3.14. The Labute approximate surface area is 213 Å². The Bertz CT molecular complexity index is 1050. The summed E-state index contributed by atoms with van der Waals surface area (Å²) in [5.41, 5.74) is 8.70. The topological polar surface area (TPSA) is 77.3 Å². The first kappa shape index (κ1) is 25.5. The minimum atomic E-state index is -0.0447. The molecule has 1 atom stereocenters. The summed E-state index contributed by atoms with van der Waals surface area (Å²) in [5.74, 6) is 2.56. The lowest BCUT2D eigenvalue weighted by Gasteiger charge is -2.28. The number of anilines is 1. The molecule has 7 nitrogen and oxygen atoms in total. The first-order chi connectivity index (χ1) is 16.8. The number of nitrogens with two attached hydrogens (primary N) is 1. The van der Waals surface area contributed by atoms with Crippen molar-refractivity contribution in [3.8, 4) is 17.2 Å². The van der Waals surface area contributed by atoms with Crippen LogP contribution in [0.3, 0.4) is 0 Å². The molecule has 2 aromatic rings. The molecule has 2 aliphatic rings. The second kappa shape index (κ2) is 11.4. The van der Waals surface area contributed by atoms with Crippen LogP contribution in [0, 0.1) is 11.8 Å². The standard InChI is InChI=1S/C27H36ClN3O4/c1-18(2)14-31(15-19-11-23(28)26-25(12-19)34-9-4-10-35-26)27(32)20-7-8-30(16-20)17-21-13-22(29)5-6-24(21)33-3/h5-6,11-13,18,20H,4,7-10,14-17,29H2,1-3H3. The number of carbonyl (C=O) groups excluding carboxylic acids is 1.